The van der Waals surface area contributed by atoms with E-state index in [1.165, 1.54) is 0 Å². The fourth-order valence-corrected chi connectivity index (χ4v) is 5.56. The van der Waals surface area contributed by atoms with Crippen LogP contribution in [0.3, 0.4) is 0 Å². The summed E-state index contributed by atoms with van der Waals surface area (Å²) in [4.78, 5) is 0.322. The van der Waals surface area contributed by atoms with E-state index in [1.54, 1.807) is 6.07 Å². The Labute approximate surface area is 183 Å². The van der Waals surface area contributed by atoms with Crippen LogP contribution in [0.5, 0.6) is 11.5 Å². The van der Waals surface area contributed by atoms with Crippen molar-refractivity contribution in [2.75, 3.05) is 4.72 Å². The normalized spacial score (nSPS) is 11.5. The Morgan fingerprint density at radius 2 is 1.29 bits per heavy atom. The Morgan fingerprint density at radius 1 is 0.677 bits per heavy atom. The maximum Gasteiger partial charge on any atom is 0.262 e. The first kappa shape index (κ1) is 20.9. The first-order valence-electron chi connectivity index (χ1n) is 10.1. The van der Waals surface area contributed by atoms with Gasteiger partial charge in [-0.3, -0.25) is 4.72 Å². The minimum atomic E-state index is -3.75. The molecule has 0 fully saturated rings. The van der Waals surface area contributed by atoms with E-state index in [1.807, 2.05) is 94.4 Å². The third-order valence-corrected chi connectivity index (χ3v) is 6.99. The van der Waals surface area contributed by atoms with Crippen LogP contribution >= 0.6 is 0 Å². The lowest BCUT2D eigenvalue weighted by Crippen LogP contribution is -2.16. The molecule has 4 aromatic rings. The van der Waals surface area contributed by atoms with Gasteiger partial charge >= 0.3 is 0 Å². The number of para-hydroxylation sites is 1. The fraction of sp³-hybridized carbons (Fsp3) is 0.154. The highest BCUT2D eigenvalue weighted by atomic mass is 32.2. The van der Waals surface area contributed by atoms with Crippen molar-refractivity contribution in [3.8, 4) is 11.5 Å². The summed E-state index contributed by atoms with van der Waals surface area (Å²) < 4.78 is 35.5. The van der Waals surface area contributed by atoms with E-state index in [0.717, 1.165) is 38.8 Å². The van der Waals surface area contributed by atoms with E-state index in [0.29, 0.717) is 16.3 Å². The molecule has 4 aromatic carbocycles. The smallest absolute Gasteiger partial charge is 0.262 e. The Kier molecular flexibility index (Phi) is 5.46. The number of anilines is 1. The van der Waals surface area contributed by atoms with E-state index in [-0.39, 0.29) is 0 Å². The summed E-state index contributed by atoms with van der Waals surface area (Å²) in [6, 6.07) is 22.8. The highest BCUT2D eigenvalue weighted by Gasteiger charge is 2.21. The summed E-state index contributed by atoms with van der Waals surface area (Å²) in [5.74, 6) is 1.45. The number of ether oxygens (including phenoxy) is 1. The number of sulfonamides is 1. The molecule has 0 aromatic heterocycles. The molecule has 0 aliphatic rings. The van der Waals surface area contributed by atoms with Crippen molar-refractivity contribution in [1.29, 1.82) is 0 Å². The summed E-state index contributed by atoms with van der Waals surface area (Å²) in [5, 5.41) is 1.61. The molecule has 0 saturated heterocycles. The molecule has 4 rings (SSSR count). The summed E-state index contributed by atoms with van der Waals surface area (Å²) >= 11 is 0. The van der Waals surface area contributed by atoms with E-state index < -0.39 is 10.0 Å². The van der Waals surface area contributed by atoms with Crippen LogP contribution in [0, 0.1) is 27.7 Å². The van der Waals surface area contributed by atoms with Crippen molar-refractivity contribution in [2.45, 2.75) is 32.6 Å². The molecule has 0 atom stereocenters. The van der Waals surface area contributed by atoms with Gasteiger partial charge in [0.1, 0.15) is 11.5 Å². The van der Waals surface area contributed by atoms with E-state index in [2.05, 4.69) is 4.72 Å². The summed E-state index contributed by atoms with van der Waals surface area (Å²) in [5.41, 5.74) is 4.05. The number of nitrogens with one attached hydrogen (secondary N) is 1. The standard InChI is InChI=1S/C26H25NO3S/c1-17-15-19(3)26(20(4)16-17)31(28,29)27-23-13-14-25(22-11-7-6-10-21(22)23)30-24-12-8-5-9-18(24)2/h5-16,27H,1-4H3. The van der Waals surface area contributed by atoms with E-state index in [9.17, 15) is 8.42 Å². The Bertz CT molecular complexity index is 1370. The van der Waals surface area contributed by atoms with Crippen LogP contribution in [0.15, 0.2) is 77.7 Å². The molecule has 0 spiro atoms. The molecular formula is C26H25NO3S. The molecule has 0 aliphatic carbocycles. The molecule has 0 heterocycles. The number of rotatable bonds is 5. The van der Waals surface area contributed by atoms with Gasteiger partial charge in [0.2, 0.25) is 0 Å². The predicted molar refractivity (Wildman–Crippen MR) is 127 cm³/mol. The van der Waals surface area contributed by atoms with Crippen LogP contribution in [-0.4, -0.2) is 8.42 Å². The predicted octanol–water partition coefficient (Wildman–Crippen LogP) is 6.67. The van der Waals surface area contributed by atoms with Gasteiger partial charge < -0.3 is 4.74 Å². The number of hydrogen-bond acceptors (Lipinski definition) is 3. The Hall–Kier alpha value is -3.31. The lowest BCUT2D eigenvalue weighted by atomic mass is 10.1. The van der Waals surface area contributed by atoms with E-state index in [4.69, 9.17) is 4.74 Å². The molecule has 0 radical (unpaired) electrons. The van der Waals surface area contributed by atoms with Gasteiger partial charge in [-0.1, -0.05) is 60.2 Å². The molecule has 0 amide bonds. The molecule has 5 heteroatoms. The third kappa shape index (κ3) is 4.14. The zero-order valence-corrected chi connectivity index (χ0v) is 18.9. The minimum Gasteiger partial charge on any atom is -0.456 e. The number of benzene rings is 4. The Morgan fingerprint density at radius 3 is 1.97 bits per heavy atom. The second kappa shape index (κ2) is 8.08. The fourth-order valence-electron chi connectivity index (χ4n) is 4.03. The Balaban J connectivity index is 1.77. The SMILES string of the molecule is Cc1cc(C)c(S(=O)(=O)Nc2ccc(Oc3ccccc3C)c3ccccc23)c(C)c1. The monoisotopic (exact) mass is 431 g/mol. The van der Waals surface area contributed by atoms with Gasteiger partial charge in [-0.25, -0.2) is 8.42 Å². The number of hydrogen-bond donors (Lipinski definition) is 1. The van der Waals surface area contributed by atoms with Crippen LogP contribution in [-0.2, 0) is 10.0 Å². The largest absolute Gasteiger partial charge is 0.456 e. The molecule has 4 nitrogen and oxygen atoms in total. The molecule has 0 unspecified atom stereocenters. The van der Waals surface area contributed by atoms with Crippen molar-refractivity contribution in [1.82, 2.24) is 0 Å². The van der Waals surface area contributed by atoms with Gasteiger partial charge in [0.05, 0.1) is 10.6 Å². The molecule has 31 heavy (non-hydrogen) atoms. The summed E-state index contributed by atoms with van der Waals surface area (Å²) in [6.45, 7) is 7.61. The molecule has 0 aliphatic heterocycles. The van der Waals surface area contributed by atoms with Crippen molar-refractivity contribution in [3.63, 3.8) is 0 Å². The highest BCUT2D eigenvalue weighted by molar-refractivity contribution is 7.92. The van der Waals surface area contributed by atoms with Crippen LogP contribution in [0.1, 0.15) is 22.3 Å². The van der Waals surface area contributed by atoms with Gasteiger partial charge in [-0.15, -0.1) is 0 Å². The second-order valence-corrected chi connectivity index (χ2v) is 9.48. The van der Waals surface area contributed by atoms with Crippen LogP contribution in [0.4, 0.5) is 5.69 Å². The first-order chi connectivity index (χ1) is 14.8. The van der Waals surface area contributed by atoms with Crippen molar-refractivity contribution < 1.29 is 13.2 Å². The molecule has 1 N–H and O–H groups in total. The van der Waals surface area contributed by atoms with Crippen molar-refractivity contribution in [2.24, 2.45) is 0 Å². The van der Waals surface area contributed by atoms with Crippen LogP contribution in [0.2, 0.25) is 0 Å². The zero-order valence-electron chi connectivity index (χ0n) is 18.1. The van der Waals surface area contributed by atoms with Crippen molar-refractivity contribution >= 4 is 26.5 Å². The van der Waals surface area contributed by atoms with Gasteiger partial charge in [0, 0.05) is 10.8 Å². The summed E-state index contributed by atoms with van der Waals surface area (Å²) in [7, 11) is -3.75. The quantitative estimate of drug-likeness (QED) is 0.384. The topological polar surface area (TPSA) is 55.4 Å². The van der Waals surface area contributed by atoms with Crippen LogP contribution < -0.4 is 9.46 Å². The lowest BCUT2D eigenvalue weighted by Gasteiger charge is -2.17. The van der Waals surface area contributed by atoms with Gasteiger partial charge in [0.15, 0.2) is 0 Å². The maximum atomic E-state index is 13.3. The van der Waals surface area contributed by atoms with E-state index >= 15 is 0 Å². The maximum absolute atomic E-state index is 13.3. The number of fused-ring (bicyclic) bond motifs is 1. The summed E-state index contributed by atoms with van der Waals surface area (Å²) in [6.07, 6.45) is 0. The molecule has 158 valence electrons. The first-order valence-corrected chi connectivity index (χ1v) is 11.6. The van der Waals surface area contributed by atoms with Crippen molar-refractivity contribution in [3.05, 3.63) is 95.1 Å². The van der Waals surface area contributed by atoms with Crippen LogP contribution in [0.25, 0.3) is 10.8 Å². The molecular weight excluding hydrogens is 406 g/mol. The average Bonchev–Trinajstić information content (AvgIpc) is 2.70. The third-order valence-electron chi connectivity index (χ3n) is 5.32. The second-order valence-electron chi connectivity index (χ2n) is 7.86. The minimum absolute atomic E-state index is 0.322. The highest BCUT2D eigenvalue weighted by Crippen LogP contribution is 2.36. The number of aryl methyl sites for hydroxylation is 4. The lowest BCUT2D eigenvalue weighted by molar-refractivity contribution is 0.484. The average molecular weight is 432 g/mol. The van der Waals surface area contributed by atoms with Gasteiger partial charge in [-0.2, -0.15) is 0 Å². The molecule has 0 bridgehead atoms. The molecule has 0 saturated carbocycles. The zero-order chi connectivity index (χ0) is 22.2. The van der Waals surface area contributed by atoms with Gasteiger partial charge in [-0.05, 0) is 62.6 Å². The van der Waals surface area contributed by atoms with Gasteiger partial charge in [0.25, 0.3) is 10.0 Å².